The first kappa shape index (κ1) is 12.5. The van der Waals surface area contributed by atoms with E-state index in [1.165, 1.54) is 12.0 Å². The van der Waals surface area contributed by atoms with Gasteiger partial charge in [-0.25, -0.2) is 0 Å². The van der Waals surface area contributed by atoms with Crippen LogP contribution < -0.4 is 0 Å². The van der Waals surface area contributed by atoms with Crippen molar-refractivity contribution >= 4 is 11.9 Å². The normalized spacial score (nSPS) is 10.9. The number of rotatable bonds is 3. The molecular weight excluding hydrogens is 182 g/mol. The fourth-order valence-electron chi connectivity index (χ4n) is 0.972. The smallest absolute Gasteiger partial charge is 0.310 e. The highest BCUT2D eigenvalue weighted by molar-refractivity contribution is 5.93. The Morgan fingerprint density at radius 2 is 2.07 bits per heavy atom. The van der Waals surface area contributed by atoms with Gasteiger partial charge in [-0.05, 0) is 12.8 Å². The lowest BCUT2D eigenvalue weighted by Gasteiger charge is -2.17. The number of hydrogen-bond acceptors (Lipinski definition) is 3. The van der Waals surface area contributed by atoms with E-state index < -0.39 is 0 Å². The molecule has 0 saturated carbocycles. The second-order valence-electron chi connectivity index (χ2n) is 2.98. The topological polar surface area (TPSA) is 46.6 Å². The zero-order chi connectivity index (χ0) is 11.1. The zero-order valence-corrected chi connectivity index (χ0v) is 8.96. The van der Waals surface area contributed by atoms with E-state index in [9.17, 15) is 9.59 Å². The second-order valence-corrected chi connectivity index (χ2v) is 2.98. The van der Waals surface area contributed by atoms with Gasteiger partial charge in [-0.3, -0.25) is 9.59 Å². The molecule has 1 unspecified atom stereocenters. The predicted molar refractivity (Wildman–Crippen MR) is 52.3 cm³/mol. The summed E-state index contributed by atoms with van der Waals surface area (Å²) in [6, 6.07) is 0. The fraction of sp³-hybridized carbons (Fsp3) is 0.600. The van der Waals surface area contributed by atoms with Crippen molar-refractivity contribution in [3.8, 4) is 11.8 Å². The molecule has 0 N–H and O–H groups in total. The Labute approximate surface area is 84.2 Å². The van der Waals surface area contributed by atoms with E-state index in [0.29, 0.717) is 6.54 Å². The minimum atomic E-state index is -0.326. The molecule has 1 atom stereocenters. The quantitative estimate of drug-likeness (QED) is 0.482. The summed E-state index contributed by atoms with van der Waals surface area (Å²) in [5.41, 5.74) is 0. The van der Waals surface area contributed by atoms with Gasteiger partial charge in [0.25, 0.3) is 5.91 Å². The standard InChI is InChI=1S/C10H15NO3/c1-5-6-9(12)11(3)7-8(2)10(13)14-4/h8H,7H2,1-4H3. The molecule has 0 aliphatic rings. The summed E-state index contributed by atoms with van der Waals surface area (Å²) in [6.45, 7) is 3.62. The summed E-state index contributed by atoms with van der Waals surface area (Å²) in [4.78, 5) is 23.6. The zero-order valence-electron chi connectivity index (χ0n) is 8.96. The minimum absolute atomic E-state index is 0.289. The van der Waals surface area contributed by atoms with E-state index in [-0.39, 0.29) is 17.8 Å². The van der Waals surface area contributed by atoms with Crippen molar-refractivity contribution in [2.45, 2.75) is 13.8 Å². The number of hydrogen-bond donors (Lipinski definition) is 0. The van der Waals surface area contributed by atoms with Crippen LogP contribution in [-0.4, -0.2) is 37.5 Å². The molecule has 0 saturated heterocycles. The monoisotopic (exact) mass is 197 g/mol. The molecule has 14 heavy (non-hydrogen) atoms. The van der Waals surface area contributed by atoms with Gasteiger partial charge in [0.1, 0.15) is 0 Å². The third-order valence-electron chi connectivity index (χ3n) is 1.73. The number of amides is 1. The molecule has 4 heteroatoms. The molecule has 0 radical (unpaired) electrons. The molecule has 1 amide bonds. The molecule has 0 rings (SSSR count). The van der Waals surface area contributed by atoms with Crippen LogP contribution in [0.1, 0.15) is 13.8 Å². The van der Waals surface area contributed by atoms with Crippen LogP contribution in [0.5, 0.6) is 0 Å². The molecule has 0 spiro atoms. The fourth-order valence-corrected chi connectivity index (χ4v) is 0.972. The van der Waals surface area contributed by atoms with Crippen LogP contribution in [0, 0.1) is 17.8 Å². The molecular formula is C10H15NO3. The first-order chi connectivity index (χ1) is 6.52. The van der Waals surface area contributed by atoms with Crippen molar-refractivity contribution in [2.24, 2.45) is 5.92 Å². The lowest BCUT2D eigenvalue weighted by molar-refractivity contribution is -0.145. The van der Waals surface area contributed by atoms with Gasteiger partial charge in [0.2, 0.25) is 0 Å². The molecule has 0 bridgehead atoms. The van der Waals surface area contributed by atoms with E-state index >= 15 is 0 Å². The highest BCUT2D eigenvalue weighted by atomic mass is 16.5. The first-order valence-electron chi connectivity index (χ1n) is 4.28. The van der Waals surface area contributed by atoms with Crippen LogP contribution in [0.4, 0.5) is 0 Å². The molecule has 4 nitrogen and oxygen atoms in total. The molecule has 0 aromatic heterocycles. The maximum Gasteiger partial charge on any atom is 0.310 e. The molecule has 0 aromatic rings. The average Bonchev–Trinajstić information content (AvgIpc) is 2.16. The van der Waals surface area contributed by atoms with Crippen LogP contribution in [-0.2, 0) is 14.3 Å². The van der Waals surface area contributed by atoms with Gasteiger partial charge in [-0.1, -0.05) is 12.8 Å². The van der Waals surface area contributed by atoms with Gasteiger partial charge < -0.3 is 9.64 Å². The maximum atomic E-state index is 11.2. The molecule has 0 aliphatic heterocycles. The highest BCUT2D eigenvalue weighted by Gasteiger charge is 2.17. The Morgan fingerprint density at radius 1 is 1.50 bits per heavy atom. The Hall–Kier alpha value is -1.50. The van der Waals surface area contributed by atoms with Crippen LogP contribution in [0.3, 0.4) is 0 Å². The van der Waals surface area contributed by atoms with Crippen LogP contribution in [0.25, 0.3) is 0 Å². The summed E-state index contributed by atoms with van der Waals surface area (Å²) in [5.74, 6) is 3.96. The number of carbonyl (C=O) groups is 2. The molecule has 0 heterocycles. The maximum absolute atomic E-state index is 11.2. The number of carbonyl (C=O) groups excluding carboxylic acids is 2. The largest absolute Gasteiger partial charge is 0.469 e. The van der Waals surface area contributed by atoms with Gasteiger partial charge in [0.15, 0.2) is 0 Å². The van der Waals surface area contributed by atoms with Gasteiger partial charge in [0.05, 0.1) is 13.0 Å². The number of ether oxygens (including phenoxy) is 1. The summed E-state index contributed by atoms with van der Waals surface area (Å²) in [6.07, 6.45) is 0. The van der Waals surface area contributed by atoms with Crippen molar-refractivity contribution in [3.05, 3.63) is 0 Å². The summed E-state index contributed by atoms with van der Waals surface area (Å²) in [7, 11) is 2.93. The Kier molecular flexibility index (Phi) is 5.38. The second kappa shape index (κ2) is 6.03. The van der Waals surface area contributed by atoms with Crippen molar-refractivity contribution in [1.82, 2.24) is 4.90 Å². The van der Waals surface area contributed by atoms with Gasteiger partial charge in [-0.2, -0.15) is 0 Å². The molecule has 0 aromatic carbocycles. The van der Waals surface area contributed by atoms with Crippen molar-refractivity contribution in [3.63, 3.8) is 0 Å². The van der Waals surface area contributed by atoms with Crippen molar-refractivity contribution < 1.29 is 14.3 Å². The summed E-state index contributed by atoms with van der Waals surface area (Å²) in [5, 5.41) is 0. The predicted octanol–water partition coefficient (Wildman–Crippen LogP) is 0.277. The lowest BCUT2D eigenvalue weighted by Crippen LogP contribution is -2.33. The molecule has 0 fully saturated rings. The van der Waals surface area contributed by atoms with Gasteiger partial charge >= 0.3 is 5.97 Å². The Balaban J connectivity index is 4.16. The van der Waals surface area contributed by atoms with Crippen LogP contribution >= 0.6 is 0 Å². The minimum Gasteiger partial charge on any atom is -0.469 e. The summed E-state index contributed by atoms with van der Waals surface area (Å²) < 4.78 is 4.54. The van der Waals surface area contributed by atoms with E-state index in [1.807, 2.05) is 0 Å². The number of esters is 1. The molecule has 0 aliphatic carbocycles. The van der Waals surface area contributed by atoms with Crippen LogP contribution in [0.15, 0.2) is 0 Å². The average molecular weight is 197 g/mol. The van der Waals surface area contributed by atoms with E-state index in [2.05, 4.69) is 16.6 Å². The van der Waals surface area contributed by atoms with Gasteiger partial charge in [0, 0.05) is 13.6 Å². The molecule has 78 valence electrons. The van der Waals surface area contributed by atoms with Gasteiger partial charge in [-0.15, -0.1) is 0 Å². The van der Waals surface area contributed by atoms with E-state index in [0.717, 1.165) is 0 Å². The Bertz CT molecular complexity index is 275. The van der Waals surface area contributed by atoms with E-state index in [1.54, 1.807) is 20.9 Å². The number of nitrogens with zero attached hydrogens (tertiary/aromatic N) is 1. The summed E-state index contributed by atoms with van der Waals surface area (Å²) >= 11 is 0. The SMILES string of the molecule is CC#CC(=O)N(C)CC(C)C(=O)OC. The van der Waals surface area contributed by atoms with Crippen molar-refractivity contribution in [2.75, 3.05) is 20.7 Å². The third kappa shape index (κ3) is 3.94. The van der Waals surface area contributed by atoms with Crippen LogP contribution in [0.2, 0.25) is 0 Å². The Morgan fingerprint density at radius 3 is 2.50 bits per heavy atom. The van der Waals surface area contributed by atoms with Crippen molar-refractivity contribution in [1.29, 1.82) is 0 Å². The highest BCUT2D eigenvalue weighted by Crippen LogP contribution is 2.00. The first-order valence-corrected chi connectivity index (χ1v) is 4.28. The number of methoxy groups -OCH3 is 1. The lowest BCUT2D eigenvalue weighted by atomic mass is 10.2. The van der Waals surface area contributed by atoms with E-state index in [4.69, 9.17) is 0 Å². The third-order valence-corrected chi connectivity index (χ3v) is 1.73.